The minimum atomic E-state index is -0.130. The van der Waals surface area contributed by atoms with Gasteiger partial charge in [0.25, 0.3) is 0 Å². The molecule has 756 valence electrons. The van der Waals surface area contributed by atoms with Crippen LogP contribution in [0.2, 0.25) is 0 Å². The lowest BCUT2D eigenvalue weighted by Crippen LogP contribution is -2.16. The van der Waals surface area contributed by atoms with E-state index in [9.17, 15) is 0 Å². The molecule has 0 radical (unpaired) electrons. The van der Waals surface area contributed by atoms with E-state index in [-0.39, 0.29) is 54.1 Å². The van der Waals surface area contributed by atoms with Gasteiger partial charge < -0.3 is 9.80 Å². The molecule has 4 aliphatic rings. The molecule has 2 saturated carbocycles. The lowest BCUT2D eigenvalue weighted by molar-refractivity contribution is 0.443. The summed E-state index contributed by atoms with van der Waals surface area (Å²) >= 11 is 0. The first-order chi connectivity index (χ1) is 69.8. The predicted molar refractivity (Wildman–Crippen MR) is 642 cm³/mol. The molecule has 0 bridgehead atoms. The van der Waals surface area contributed by atoms with E-state index in [1.165, 1.54) is 253 Å². The van der Waals surface area contributed by atoms with Crippen LogP contribution < -0.4 is 9.80 Å². The van der Waals surface area contributed by atoms with Crippen molar-refractivity contribution in [2.75, 3.05) is 9.80 Å². The van der Waals surface area contributed by atoms with Crippen LogP contribution in [0.15, 0.2) is 340 Å². The number of fused-ring (bicyclic) bond motifs is 6. The Hall–Kier alpha value is -12.9. The largest absolute Gasteiger partial charge is 0.310 e. The van der Waals surface area contributed by atoms with Crippen molar-refractivity contribution in [3.8, 4) is 111 Å². The highest BCUT2D eigenvalue weighted by Crippen LogP contribution is 2.56. The molecule has 0 spiro atoms. The number of rotatable bonds is 16. The minimum Gasteiger partial charge on any atom is -0.310 e. The standard InChI is InChI=1S/2C73H81N/c1-69(2,3)58-38-53(36-54(39-58)55-37-56(41-59(40-55)70(4,5)6)57-42-60(71(7,8)9)46-61(43-57)72(10,11)12)52-28-22-30-63(45-52)74(64-33-34-66-65-31-18-19-32-67(65)73(13,14)68(66)47-64)62-29-21-27-51(44-62)50-26-20-25-49(35-50)48-23-16-15-17-24-48;1-69(2,3)58-39-53(37-54(40-58)55-38-56(42-59(41-55)70(4,5)6)57-43-60(71(7,8)9)46-61(44-57)72(10,11)12)52-23-20-24-63(45-52)74(64-35-36-66-65-25-18-19-26-67(65)73(13,14)68(66)47-64)62-33-31-51(32-34-62)50-29-27-49(28-30-50)48-21-16-15-17-22-48/h18-22,25-48H,15-17,23-24H2,1-14H3;18-20,23-48H,15-17,21-22H2,1-14H3. The van der Waals surface area contributed by atoms with E-state index in [0.717, 1.165) is 34.1 Å². The monoisotopic (exact) mass is 1940 g/mol. The van der Waals surface area contributed by atoms with Gasteiger partial charge in [0.1, 0.15) is 0 Å². The van der Waals surface area contributed by atoms with Crippen LogP contribution in [-0.2, 0) is 54.1 Å². The molecule has 16 aromatic rings. The van der Waals surface area contributed by atoms with E-state index < -0.39 is 0 Å². The normalized spacial score (nSPS) is 14.9. The molecule has 20 rings (SSSR count). The fourth-order valence-electron chi connectivity index (χ4n) is 23.5. The van der Waals surface area contributed by atoms with Crippen molar-refractivity contribution in [1.29, 1.82) is 0 Å². The highest BCUT2D eigenvalue weighted by Gasteiger charge is 2.39. The van der Waals surface area contributed by atoms with Gasteiger partial charge in [0.15, 0.2) is 0 Å². The third-order valence-corrected chi connectivity index (χ3v) is 33.2. The van der Waals surface area contributed by atoms with Gasteiger partial charge >= 0.3 is 0 Å². The molecule has 0 atom stereocenters. The van der Waals surface area contributed by atoms with Gasteiger partial charge in [0, 0.05) is 45.0 Å². The lowest BCUT2D eigenvalue weighted by atomic mass is 9.77. The lowest BCUT2D eigenvalue weighted by Gasteiger charge is -2.29. The maximum absolute atomic E-state index is 2.50. The Morgan fingerprint density at radius 3 is 0.723 bits per heavy atom. The molecule has 0 aromatic heterocycles. The predicted octanol–water partition coefficient (Wildman–Crippen LogP) is 42.7. The Morgan fingerprint density at radius 1 is 0.169 bits per heavy atom. The van der Waals surface area contributed by atoms with Crippen LogP contribution >= 0.6 is 0 Å². The van der Waals surface area contributed by atoms with E-state index in [0.29, 0.717) is 11.8 Å². The van der Waals surface area contributed by atoms with E-state index in [2.05, 4.69) is 543 Å². The molecule has 2 fully saturated rings. The molecule has 4 aliphatic carbocycles. The molecule has 0 N–H and O–H groups in total. The molecule has 2 nitrogen and oxygen atoms in total. The molecule has 0 saturated heterocycles. The van der Waals surface area contributed by atoms with Crippen LogP contribution in [0.5, 0.6) is 0 Å². The van der Waals surface area contributed by atoms with Crippen LogP contribution in [-0.4, -0.2) is 0 Å². The summed E-state index contributed by atoms with van der Waals surface area (Å²) in [6, 6.07) is 132. The Kier molecular flexibility index (Phi) is 27.7. The molecule has 0 unspecified atom stereocenters. The fraction of sp³-hybridized carbons (Fsp3) is 0.342. The third-order valence-electron chi connectivity index (χ3n) is 33.2. The van der Waals surface area contributed by atoms with Gasteiger partial charge in [-0.15, -0.1) is 0 Å². The Bertz CT molecular complexity index is 7560. The van der Waals surface area contributed by atoms with Gasteiger partial charge in [0.2, 0.25) is 0 Å². The van der Waals surface area contributed by atoms with Crippen molar-refractivity contribution in [2.45, 2.75) is 324 Å². The first kappa shape index (κ1) is 104. The van der Waals surface area contributed by atoms with Crippen molar-refractivity contribution in [3.05, 3.63) is 418 Å². The second-order valence-corrected chi connectivity index (χ2v) is 53.4. The summed E-state index contributed by atoms with van der Waals surface area (Å²) in [5, 5.41) is 0. The smallest absolute Gasteiger partial charge is 0.0467 e. The summed E-state index contributed by atoms with van der Waals surface area (Å²) in [4.78, 5) is 4.98. The van der Waals surface area contributed by atoms with Crippen LogP contribution in [0.3, 0.4) is 0 Å². The molecule has 0 amide bonds. The maximum Gasteiger partial charge on any atom is 0.0467 e. The summed E-state index contributed by atoms with van der Waals surface area (Å²) in [6.45, 7) is 65.7. The topological polar surface area (TPSA) is 6.48 Å². The second kappa shape index (κ2) is 39.6. The van der Waals surface area contributed by atoms with Gasteiger partial charge in [0.05, 0.1) is 0 Å². The summed E-state index contributed by atoms with van der Waals surface area (Å²) in [5.41, 5.74) is 51.1. The van der Waals surface area contributed by atoms with Gasteiger partial charge in [-0.1, -0.05) is 475 Å². The average molecular weight is 1940 g/mol. The summed E-state index contributed by atoms with van der Waals surface area (Å²) < 4.78 is 0. The molecule has 2 heteroatoms. The first-order valence-corrected chi connectivity index (χ1v) is 55.5. The Balaban J connectivity index is 0.000000186. The van der Waals surface area contributed by atoms with Gasteiger partial charge in [-0.2, -0.15) is 0 Å². The van der Waals surface area contributed by atoms with Crippen LogP contribution in [0.4, 0.5) is 34.1 Å². The van der Waals surface area contributed by atoms with E-state index in [1.807, 2.05) is 0 Å². The molecule has 0 heterocycles. The minimum absolute atomic E-state index is 0.0203. The summed E-state index contributed by atoms with van der Waals surface area (Å²) in [7, 11) is 0. The zero-order valence-electron chi connectivity index (χ0n) is 94.5. The summed E-state index contributed by atoms with van der Waals surface area (Å²) in [5.74, 6) is 1.35. The Morgan fingerprint density at radius 2 is 0.405 bits per heavy atom. The van der Waals surface area contributed by atoms with Crippen molar-refractivity contribution in [1.82, 2.24) is 0 Å². The molecular formula is C146H162N2. The van der Waals surface area contributed by atoms with Gasteiger partial charge in [-0.25, -0.2) is 0 Å². The Labute approximate surface area is 890 Å². The van der Waals surface area contributed by atoms with Crippen LogP contribution in [0, 0.1) is 0 Å². The fourth-order valence-corrected chi connectivity index (χ4v) is 23.5. The highest BCUT2D eigenvalue weighted by molar-refractivity contribution is 5.92. The molecule has 0 aliphatic heterocycles. The zero-order valence-corrected chi connectivity index (χ0v) is 94.5. The maximum atomic E-state index is 2.50. The number of benzene rings is 16. The quantitative estimate of drug-likeness (QED) is 0.0951. The van der Waals surface area contributed by atoms with Crippen molar-refractivity contribution >= 4 is 34.1 Å². The number of hydrogen-bond donors (Lipinski definition) is 0. The van der Waals surface area contributed by atoms with Crippen molar-refractivity contribution in [2.24, 2.45) is 0 Å². The van der Waals surface area contributed by atoms with Crippen molar-refractivity contribution in [3.63, 3.8) is 0 Å². The summed E-state index contributed by atoms with van der Waals surface area (Å²) in [6.07, 6.45) is 13.3. The number of hydrogen-bond acceptors (Lipinski definition) is 2. The first-order valence-electron chi connectivity index (χ1n) is 55.5. The highest BCUT2D eigenvalue weighted by atomic mass is 15.1. The number of anilines is 6. The van der Waals surface area contributed by atoms with Crippen LogP contribution in [0.1, 0.15) is 348 Å². The molecule has 148 heavy (non-hydrogen) atoms. The van der Waals surface area contributed by atoms with Crippen molar-refractivity contribution < 1.29 is 0 Å². The van der Waals surface area contributed by atoms with E-state index >= 15 is 0 Å². The van der Waals surface area contributed by atoms with Crippen LogP contribution in [0.25, 0.3) is 111 Å². The average Bonchev–Trinajstić information content (AvgIpc) is 1.58. The molecular weight excluding hydrogens is 1780 g/mol. The zero-order chi connectivity index (χ0) is 105. The molecule has 16 aromatic carbocycles. The second-order valence-electron chi connectivity index (χ2n) is 53.4. The van der Waals surface area contributed by atoms with Gasteiger partial charge in [-0.05, 0) is 367 Å². The third kappa shape index (κ3) is 21.7. The van der Waals surface area contributed by atoms with E-state index in [4.69, 9.17) is 0 Å². The van der Waals surface area contributed by atoms with Gasteiger partial charge in [-0.3, -0.25) is 0 Å². The number of nitrogens with zero attached hydrogens (tertiary/aromatic N) is 2. The SMILES string of the molecule is CC(C)(C)c1cc(-c2cccc(N(c3ccc(-c4ccc(C5CCCCC5)cc4)cc3)c3ccc4c(c3)C(C)(C)c3ccccc3-4)c2)cc(-c2cc(-c3cc(C(C)(C)C)cc(C(C)(C)C)c3)cc(C(C)(C)C)c2)c1.CC(C)(C)c1cc(-c2cccc(N(c3cccc(-c4cccc(C5CCCCC5)c4)c3)c3ccc4c(c3)C(C)(C)c3ccccc3-4)c2)cc(-c2cc(-c3cc(C(C)(C)C)cc(C(C)(C)C)c3)cc(C(C)(C)C)c2)c1. The van der Waals surface area contributed by atoms with E-state index in [1.54, 1.807) is 0 Å².